The standard InChI is InChI=1S/C7H7F3N2O3/c8-7(9,10)15-5-3(1-11)4(13)2-12-6(5)14/h2,13H,1,11H2,(H,12,14). The quantitative estimate of drug-likeness (QED) is 0.680. The van der Waals surface area contributed by atoms with E-state index in [2.05, 4.69) is 4.74 Å². The Kier molecular flexibility index (Phi) is 2.89. The normalized spacial score (nSPS) is 11.5. The summed E-state index contributed by atoms with van der Waals surface area (Å²) in [7, 11) is 0. The zero-order valence-corrected chi connectivity index (χ0v) is 7.26. The van der Waals surface area contributed by atoms with Gasteiger partial charge in [-0.25, -0.2) is 0 Å². The topological polar surface area (TPSA) is 88.3 Å². The Morgan fingerprint density at radius 1 is 1.53 bits per heavy atom. The van der Waals surface area contributed by atoms with Gasteiger partial charge in [-0.2, -0.15) is 0 Å². The Bertz CT molecular complexity index is 413. The fourth-order valence-electron chi connectivity index (χ4n) is 0.961. The Morgan fingerprint density at radius 2 is 2.13 bits per heavy atom. The Morgan fingerprint density at radius 3 is 2.60 bits per heavy atom. The van der Waals surface area contributed by atoms with E-state index < -0.39 is 35.5 Å². The van der Waals surface area contributed by atoms with Crippen LogP contribution in [-0.4, -0.2) is 16.5 Å². The van der Waals surface area contributed by atoms with E-state index in [1.807, 2.05) is 4.98 Å². The number of halogens is 3. The van der Waals surface area contributed by atoms with Crippen LogP contribution in [0, 0.1) is 0 Å². The van der Waals surface area contributed by atoms with Crippen molar-refractivity contribution in [2.45, 2.75) is 12.9 Å². The first kappa shape index (κ1) is 11.4. The number of nitrogens with two attached hydrogens (primary N) is 1. The highest BCUT2D eigenvalue weighted by Crippen LogP contribution is 2.27. The Labute approximate surface area is 81.3 Å². The predicted octanol–water partition coefficient (Wildman–Crippen LogP) is 0.438. The second kappa shape index (κ2) is 3.81. The minimum absolute atomic E-state index is 0.393. The van der Waals surface area contributed by atoms with E-state index in [4.69, 9.17) is 10.8 Å². The molecule has 8 heteroatoms. The van der Waals surface area contributed by atoms with E-state index >= 15 is 0 Å². The number of hydrogen-bond donors (Lipinski definition) is 3. The van der Waals surface area contributed by atoms with Gasteiger partial charge in [0.05, 0.1) is 5.56 Å². The van der Waals surface area contributed by atoms with Crippen LogP contribution in [0.4, 0.5) is 13.2 Å². The minimum atomic E-state index is -5.01. The molecule has 0 atom stereocenters. The summed E-state index contributed by atoms with van der Waals surface area (Å²) in [6.07, 6.45) is -4.17. The number of H-pyrrole nitrogens is 1. The molecule has 0 saturated heterocycles. The van der Waals surface area contributed by atoms with Gasteiger partial charge in [0, 0.05) is 12.7 Å². The van der Waals surface area contributed by atoms with Gasteiger partial charge in [0.1, 0.15) is 5.75 Å². The molecular weight excluding hydrogens is 217 g/mol. The van der Waals surface area contributed by atoms with Gasteiger partial charge in [0.15, 0.2) is 0 Å². The van der Waals surface area contributed by atoms with E-state index in [1.54, 1.807) is 0 Å². The highest BCUT2D eigenvalue weighted by atomic mass is 19.4. The van der Waals surface area contributed by atoms with Crippen LogP contribution in [0.3, 0.4) is 0 Å². The van der Waals surface area contributed by atoms with Gasteiger partial charge >= 0.3 is 6.36 Å². The van der Waals surface area contributed by atoms with Gasteiger partial charge in [0.2, 0.25) is 5.75 Å². The van der Waals surface area contributed by atoms with Gasteiger partial charge in [0.25, 0.3) is 5.56 Å². The summed E-state index contributed by atoms with van der Waals surface area (Å²) < 4.78 is 39.1. The zero-order valence-electron chi connectivity index (χ0n) is 7.26. The molecule has 0 aliphatic heterocycles. The van der Waals surface area contributed by atoms with Crippen LogP contribution < -0.4 is 16.0 Å². The van der Waals surface area contributed by atoms with Crippen molar-refractivity contribution in [1.29, 1.82) is 0 Å². The molecule has 0 unspecified atom stereocenters. The molecule has 4 N–H and O–H groups in total. The lowest BCUT2D eigenvalue weighted by molar-refractivity contribution is -0.275. The first-order valence-corrected chi connectivity index (χ1v) is 3.74. The number of rotatable bonds is 2. The minimum Gasteiger partial charge on any atom is -0.506 e. The third-order valence-corrected chi connectivity index (χ3v) is 1.55. The van der Waals surface area contributed by atoms with Crippen LogP contribution in [0.5, 0.6) is 11.5 Å². The van der Waals surface area contributed by atoms with Gasteiger partial charge in [-0.15, -0.1) is 13.2 Å². The maximum atomic E-state index is 11.9. The van der Waals surface area contributed by atoms with E-state index in [0.717, 1.165) is 6.20 Å². The maximum absolute atomic E-state index is 11.9. The molecule has 15 heavy (non-hydrogen) atoms. The van der Waals surface area contributed by atoms with Gasteiger partial charge in [-0.3, -0.25) is 4.79 Å². The van der Waals surface area contributed by atoms with Crippen molar-refractivity contribution in [3.63, 3.8) is 0 Å². The molecule has 0 aliphatic rings. The SMILES string of the molecule is NCc1c(O)c[nH]c(=O)c1OC(F)(F)F. The van der Waals surface area contributed by atoms with Crippen molar-refractivity contribution in [2.75, 3.05) is 0 Å². The first-order chi connectivity index (χ1) is 6.85. The molecule has 1 aromatic heterocycles. The average molecular weight is 224 g/mol. The van der Waals surface area contributed by atoms with Gasteiger partial charge in [-0.1, -0.05) is 0 Å². The fourth-order valence-corrected chi connectivity index (χ4v) is 0.961. The van der Waals surface area contributed by atoms with Crippen LogP contribution in [0.25, 0.3) is 0 Å². The second-order valence-electron chi connectivity index (χ2n) is 2.56. The monoisotopic (exact) mass is 224 g/mol. The molecule has 0 bridgehead atoms. The summed E-state index contributed by atoms with van der Waals surface area (Å²) in [4.78, 5) is 12.9. The summed E-state index contributed by atoms with van der Waals surface area (Å²) in [6, 6.07) is 0. The number of pyridine rings is 1. The zero-order chi connectivity index (χ0) is 11.6. The molecule has 0 radical (unpaired) electrons. The summed E-state index contributed by atoms with van der Waals surface area (Å²) >= 11 is 0. The molecule has 1 heterocycles. The van der Waals surface area contributed by atoms with Crippen molar-refractivity contribution in [1.82, 2.24) is 4.98 Å². The molecular formula is C7H7F3N2O3. The molecule has 0 aliphatic carbocycles. The van der Waals surface area contributed by atoms with Crippen LogP contribution in [-0.2, 0) is 6.54 Å². The molecule has 0 aromatic carbocycles. The molecule has 84 valence electrons. The summed E-state index contributed by atoms with van der Waals surface area (Å²) in [5, 5.41) is 9.12. The van der Waals surface area contributed by atoms with Crippen LogP contribution in [0.2, 0.25) is 0 Å². The molecule has 0 saturated carbocycles. The van der Waals surface area contributed by atoms with Crippen molar-refractivity contribution >= 4 is 0 Å². The van der Waals surface area contributed by atoms with Gasteiger partial charge in [-0.05, 0) is 0 Å². The van der Waals surface area contributed by atoms with Crippen molar-refractivity contribution in [3.8, 4) is 11.5 Å². The molecule has 0 fully saturated rings. The predicted molar refractivity (Wildman–Crippen MR) is 43.3 cm³/mol. The van der Waals surface area contributed by atoms with E-state index in [9.17, 15) is 18.0 Å². The number of hydrogen-bond acceptors (Lipinski definition) is 4. The lowest BCUT2D eigenvalue weighted by Crippen LogP contribution is -2.24. The largest absolute Gasteiger partial charge is 0.573 e. The van der Waals surface area contributed by atoms with Crippen LogP contribution in [0.1, 0.15) is 5.56 Å². The second-order valence-corrected chi connectivity index (χ2v) is 2.56. The van der Waals surface area contributed by atoms with Crippen LogP contribution in [0.15, 0.2) is 11.0 Å². The number of aromatic nitrogens is 1. The summed E-state index contributed by atoms with van der Waals surface area (Å²) in [5.74, 6) is -1.60. The van der Waals surface area contributed by atoms with Crippen molar-refractivity contribution in [2.24, 2.45) is 5.73 Å². The number of nitrogens with one attached hydrogen (secondary N) is 1. The molecule has 5 nitrogen and oxygen atoms in total. The van der Waals surface area contributed by atoms with E-state index in [-0.39, 0.29) is 0 Å². The smallest absolute Gasteiger partial charge is 0.506 e. The Hall–Kier alpha value is -1.70. The maximum Gasteiger partial charge on any atom is 0.573 e. The third kappa shape index (κ3) is 2.62. The highest BCUT2D eigenvalue weighted by Gasteiger charge is 2.34. The number of aromatic amines is 1. The van der Waals surface area contributed by atoms with Crippen LogP contribution >= 0.6 is 0 Å². The average Bonchev–Trinajstić information content (AvgIpc) is 2.10. The number of alkyl halides is 3. The summed E-state index contributed by atoms with van der Waals surface area (Å²) in [5.41, 5.74) is 3.58. The number of aromatic hydroxyl groups is 1. The first-order valence-electron chi connectivity index (χ1n) is 3.74. The highest BCUT2D eigenvalue weighted by molar-refractivity contribution is 5.40. The molecule has 0 spiro atoms. The fraction of sp³-hybridized carbons (Fsp3) is 0.286. The third-order valence-electron chi connectivity index (χ3n) is 1.55. The van der Waals surface area contributed by atoms with Crippen molar-refractivity contribution in [3.05, 3.63) is 22.1 Å². The summed E-state index contributed by atoms with van der Waals surface area (Å²) in [6.45, 7) is -0.443. The molecule has 0 amide bonds. The Balaban J connectivity index is 3.26. The van der Waals surface area contributed by atoms with Gasteiger partial charge < -0.3 is 20.6 Å². The van der Waals surface area contributed by atoms with Crippen molar-refractivity contribution < 1.29 is 23.0 Å². The molecule has 1 rings (SSSR count). The van der Waals surface area contributed by atoms with E-state index in [0.29, 0.717) is 0 Å². The molecule has 1 aromatic rings. The lowest BCUT2D eigenvalue weighted by Gasteiger charge is -2.11. The lowest BCUT2D eigenvalue weighted by atomic mass is 10.2. The number of ether oxygens (including phenoxy) is 1. The van der Waals surface area contributed by atoms with E-state index in [1.165, 1.54) is 0 Å².